The van der Waals surface area contributed by atoms with Crippen molar-refractivity contribution in [3.05, 3.63) is 35.5 Å². The van der Waals surface area contributed by atoms with Crippen LogP contribution in [-0.4, -0.2) is 11.5 Å². The largest absolute Gasteiger partial charge is 0.370 e. The SMILES string of the molecule is N#Cc1ccc(NCCC2=CCCCCC2)nc1. The Hall–Kier alpha value is -1.82. The van der Waals surface area contributed by atoms with E-state index in [4.69, 9.17) is 5.26 Å². The third kappa shape index (κ3) is 3.89. The topological polar surface area (TPSA) is 48.7 Å². The summed E-state index contributed by atoms with van der Waals surface area (Å²) in [6.07, 6.45) is 11.6. The minimum absolute atomic E-state index is 0.604. The molecule has 94 valence electrons. The number of nitrogens with zero attached hydrogens (tertiary/aromatic N) is 2. The van der Waals surface area contributed by atoms with E-state index in [2.05, 4.69) is 22.4 Å². The van der Waals surface area contributed by atoms with Crippen LogP contribution in [0.15, 0.2) is 30.0 Å². The maximum absolute atomic E-state index is 8.68. The molecular weight excluding hydrogens is 222 g/mol. The normalized spacial score (nSPS) is 15.4. The van der Waals surface area contributed by atoms with Gasteiger partial charge in [-0.2, -0.15) is 5.26 Å². The summed E-state index contributed by atoms with van der Waals surface area (Å²) in [5.41, 5.74) is 2.18. The summed E-state index contributed by atoms with van der Waals surface area (Å²) in [7, 11) is 0. The van der Waals surface area contributed by atoms with Crippen molar-refractivity contribution >= 4 is 5.82 Å². The van der Waals surface area contributed by atoms with Gasteiger partial charge in [0.15, 0.2) is 0 Å². The number of hydrogen-bond donors (Lipinski definition) is 1. The molecule has 1 aliphatic rings. The van der Waals surface area contributed by atoms with Crippen molar-refractivity contribution in [2.45, 2.75) is 38.5 Å². The minimum atomic E-state index is 0.604. The van der Waals surface area contributed by atoms with Crippen LogP contribution in [0.5, 0.6) is 0 Å². The number of anilines is 1. The summed E-state index contributed by atoms with van der Waals surface area (Å²) in [6.45, 7) is 0.921. The van der Waals surface area contributed by atoms with Crippen molar-refractivity contribution in [1.82, 2.24) is 4.98 Å². The van der Waals surface area contributed by atoms with Gasteiger partial charge in [0.05, 0.1) is 5.56 Å². The molecule has 0 aliphatic heterocycles. The number of allylic oxidation sites excluding steroid dienone is 1. The van der Waals surface area contributed by atoms with E-state index in [9.17, 15) is 0 Å². The Morgan fingerprint density at radius 1 is 1.28 bits per heavy atom. The number of aromatic nitrogens is 1. The maximum Gasteiger partial charge on any atom is 0.125 e. The smallest absolute Gasteiger partial charge is 0.125 e. The Bertz CT molecular complexity index is 440. The molecule has 0 amide bonds. The van der Waals surface area contributed by atoms with E-state index in [1.54, 1.807) is 17.8 Å². The van der Waals surface area contributed by atoms with E-state index in [0.29, 0.717) is 5.56 Å². The fraction of sp³-hybridized carbons (Fsp3) is 0.467. The third-order valence-electron chi connectivity index (χ3n) is 3.28. The van der Waals surface area contributed by atoms with E-state index >= 15 is 0 Å². The van der Waals surface area contributed by atoms with Crippen LogP contribution in [0, 0.1) is 11.3 Å². The van der Waals surface area contributed by atoms with E-state index in [1.807, 2.05) is 6.07 Å². The zero-order valence-corrected chi connectivity index (χ0v) is 10.7. The highest BCUT2D eigenvalue weighted by Crippen LogP contribution is 2.19. The monoisotopic (exact) mass is 241 g/mol. The molecular formula is C15H19N3. The minimum Gasteiger partial charge on any atom is -0.370 e. The molecule has 0 saturated heterocycles. The first-order valence-corrected chi connectivity index (χ1v) is 6.66. The van der Waals surface area contributed by atoms with Crippen LogP contribution in [-0.2, 0) is 0 Å². The van der Waals surface area contributed by atoms with Gasteiger partial charge in [-0.1, -0.05) is 18.1 Å². The second-order valence-corrected chi connectivity index (χ2v) is 4.68. The highest BCUT2D eigenvalue weighted by molar-refractivity contribution is 5.38. The number of rotatable bonds is 4. The Morgan fingerprint density at radius 3 is 3.00 bits per heavy atom. The molecule has 1 aromatic heterocycles. The van der Waals surface area contributed by atoms with E-state index in [-0.39, 0.29) is 0 Å². The van der Waals surface area contributed by atoms with Crippen molar-refractivity contribution < 1.29 is 0 Å². The lowest BCUT2D eigenvalue weighted by Gasteiger charge is -2.07. The maximum atomic E-state index is 8.68. The van der Waals surface area contributed by atoms with Crippen LogP contribution in [0.3, 0.4) is 0 Å². The number of nitrogens with one attached hydrogen (secondary N) is 1. The Kier molecular flexibility index (Phi) is 4.78. The predicted octanol–water partition coefficient (Wildman–Crippen LogP) is 3.65. The molecule has 0 unspecified atom stereocenters. The summed E-state index contributed by atoms with van der Waals surface area (Å²) in [6, 6.07) is 5.72. The predicted molar refractivity (Wildman–Crippen MR) is 73.2 cm³/mol. The lowest BCUT2D eigenvalue weighted by atomic mass is 10.1. The molecule has 0 fully saturated rings. The van der Waals surface area contributed by atoms with Gasteiger partial charge in [0, 0.05) is 12.7 Å². The van der Waals surface area contributed by atoms with Gasteiger partial charge in [0.2, 0.25) is 0 Å². The molecule has 0 saturated carbocycles. The molecule has 1 N–H and O–H groups in total. The lowest BCUT2D eigenvalue weighted by Crippen LogP contribution is -2.04. The van der Waals surface area contributed by atoms with E-state index in [0.717, 1.165) is 18.8 Å². The Morgan fingerprint density at radius 2 is 2.22 bits per heavy atom. The average Bonchev–Trinajstić information content (AvgIpc) is 2.68. The van der Waals surface area contributed by atoms with Crippen LogP contribution in [0.25, 0.3) is 0 Å². The summed E-state index contributed by atoms with van der Waals surface area (Å²) < 4.78 is 0. The van der Waals surface area contributed by atoms with Gasteiger partial charge in [0.1, 0.15) is 11.9 Å². The van der Waals surface area contributed by atoms with Crippen LogP contribution in [0.4, 0.5) is 5.82 Å². The van der Waals surface area contributed by atoms with Gasteiger partial charge in [-0.05, 0) is 44.2 Å². The Labute approximate surface area is 109 Å². The first-order valence-electron chi connectivity index (χ1n) is 6.66. The van der Waals surface area contributed by atoms with E-state index in [1.165, 1.54) is 32.1 Å². The van der Waals surface area contributed by atoms with Gasteiger partial charge in [-0.3, -0.25) is 0 Å². The fourth-order valence-electron chi connectivity index (χ4n) is 2.22. The molecule has 0 bridgehead atoms. The molecule has 1 heterocycles. The van der Waals surface area contributed by atoms with Crippen molar-refractivity contribution in [2.75, 3.05) is 11.9 Å². The molecule has 3 heteroatoms. The lowest BCUT2D eigenvalue weighted by molar-refractivity contribution is 0.704. The highest BCUT2D eigenvalue weighted by atomic mass is 15.0. The van der Waals surface area contributed by atoms with Gasteiger partial charge >= 0.3 is 0 Å². The van der Waals surface area contributed by atoms with Crippen molar-refractivity contribution in [1.29, 1.82) is 5.26 Å². The zero-order chi connectivity index (χ0) is 12.6. The fourth-order valence-corrected chi connectivity index (χ4v) is 2.22. The second-order valence-electron chi connectivity index (χ2n) is 4.68. The molecule has 18 heavy (non-hydrogen) atoms. The highest BCUT2D eigenvalue weighted by Gasteiger charge is 2.02. The third-order valence-corrected chi connectivity index (χ3v) is 3.28. The summed E-state index contributed by atoms with van der Waals surface area (Å²) in [4.78, 5) is 4.20. The van der Waals surface area contributed by atoms with Gasteiger partial charge in [-0.25, -0.2) is 4.98 Å². The summed E-state index contributed by atoms with van der Waals surface area (Å²) in [5, 5.41) is 12.0. The van der Waals surface area contributed by atoms with Crippen molar-refractivity contribution in [3.63, 3.8) is 0 Å². The quantitative estimate of drug-likeness (QED) is 0.819. The van der Waals surface area contributed by atoms with Crippen molar-refractivity contribution in [3.8, 4) is 6.07 Å². The molecule has 1 aliphatic carbocycles. The molecule has 0 spiro atoms. The molecule has 0 atom stereocenters. The molecule has 0 radical (unpaired) electrons. The zero-order valence-electron chi connectivity index (χ0n) is 10.7. The molecule has 3 nitrogen and oxygen atoms in total. The average molecular weight is 241 g/mol. The molecule has 2 rings (SSSR count). The van der Waals surface area contributed by atoms with Crippen LogP contribution in [0.2, 0.25) is 0 Å². The van der Waals surface area contributed by atoms with Crippen molar-refractivity contribution in [2.24, 2.45) is 0 Å². The first-order chi connectivity index (χ1) is 8.88. The van der Waals surface area contributed by atoms with Gasteiger partial charge < -0.3 is 5.32 Å². The van der Waals surface area contributed by atoms with E-state index < -0.39 is 0 Å². The first kappa shape index (κ1) is 12.6. The molecule has 0 aromatic carbocycles. The van der Waals surface area contributed by atoms with Gasteiger partial charge in [-0.15, -0.1) is 0 Å². The molecule has 1 aromatic rings. The second kappa shape index (κ2) is 6.80. The number of hydrogen-bond acceptors (Lipinski definition) is 3. The van der Waals surface area contributed by atoms with Crippen LogP contribution < -0.4 is 5.32 Å². The van der Waals surface area contributed by atoms with Gasteiger partial charge in [0.25, 0.3) is 0 Å². The summed E-state index contributed by atoms with van der Waals surface area (Å²) >= 11 is 0. The Balaban J connectivity index is 1.77. The number of nitriles is 1. The number of pyridine rings is 1. The van der Waals surface area contributed by atoms with Crippen LogP contribution in [0.1, 0.15) is 44.1 Å². The summed E-state index contributed by atoms with van der Waals surface area (Å²) in [5.74, 6) is 0.850. The standard InChI is InChI=1S/C15H19N3/c16-11-14-7-8-15(18-12-14)17-10-9-13-5-3-1-2-4-6-13/h5,7-8,12H,1-4,6,9-10H2,(H,17,18). The van der Waals surface area contributed by atoms with Crippen LogP contribution >= 0.6 is 0 Å².